The number of carbonyl (C=O) groups excluding carboxylic acids is 1. The van der Waals surface area contributed by atoms with E-state index in [1.54, 1.807) is 16.8 Å². The van der Waals surface area contributed by atoms with Crippen molar-refractivity contribution < 1.29 is 14.3 Å². The van der Waals surface area contributed by atoms with Gasteiger partial charge in [-0.2, -0.15) is 4.57 Å². The van der Waals surface area contributed by atoms with Crippen molar-refractivity contribution in [3.8, 4) is 0 Å². The van der Waals surface area contributed by atoms with Gasteiger partial charge in [0.2, 0.25) is 16.9 Å². The molecule has 0 aliphatic carbocycles. The van der Waals surface area contributed by atoms with Gasteiger partial charge in [-0.25, -0.2) is 0 Å². The highest BCUT2D eigenvalue weighted by Crippen LogP contribution is 2.13. The number of non-ortho nitro benzene ring substituents is 1. The third-order valence-electron chi connectivity index (χ3n) is 2.58. The van der Waals surface area contributed by atoms with Gasteiger partial charge in [-0.3, -0.25) is 14.9 Å². The Morgan fingerprint density at radius 2 is 2.05 bits per heavy atom. The molecule has 2 aromatic rings. The number of ketones is 1. The highest BCUT2D eigenvalue weighted by Gasteiger charge is 2.17. The van der Waals surface area contributed by atoms with Crippen LogP contribution in [0.3, 0.4) is 0 Å². The second-order valence-corrected chi connectivity index (χ2v) is 4.69. The van der Waals surface area contributed by atoms with Crippen LogP contribution >= 0.6 is 15.9 Å². The highest BCUT2D eigenvalue weighted by atomic mass is 79.9. The Morgan fingerprint density at radius 3 is 2.74 bits per heavy atom. The Bertz CT molecular complexity index is 643. The minimum atomic E-state index is -0.512. The van der Waals surface area contributed by atoms with E-state index in [0.717, 1.165) is 4.60 Å². The quantitative estimate of drug-likeness (QED) is 0.286. The fourth-order valence-electron chi connectivity index (χ4n) is 1.62. The van der Waals surface area contributed by atoms with E-state index in [-0.39, 0.29) is 18.0 Å². The molecule has 0 atom stereocenters. The van der Waals surface area contributed by atoms with Gasteiger partial charge in [0.15, 0.2) is 6.20 Å². The molecule has 0 N–H and O–H groups in total. The number of hydrogen-bond donors (Lipinski definition) is 0. The number of rotatable bonds is 4. The number of nitrogens with zero attached hydrogens (tertiary/aromatic N) is 2. The van der Waals surface area contributed by atoms with Crippen LogP contribution in [0.4, 0.5) is 5.69 Å². The lowest BCUT2D eigenvalue weighted by Gasteiger charge is -1.99. The zero-order valence-corrected chi connectivity index (χ0v) is 11.4. The Balaban J connectivity index is 2.23. The first kappa shape index (κ1) is 13.4. The minimum Gasteiger partial charge on any atom is -0.287 e. The summed E-state index contributed by atoms with van der Waals surface area (Å²) in [7, 11) is 0. The monoisotopic (exact) mass is 321 g/mol. The molecule has 6 heteroatoms. The van der Waals surface area contributed by atoms with Crippen molar-refractivity contribution in [1.82, 2.24) is 0 Å². The maximum Gasteiger partial charge on any atom is 0.270 e. The number of pyridine rings is 1. The fourth-order valence-corrected chi connectivity index (χ4v) is 2.02. The third-order valence-corrected chi connectivity index (χ3v) is 3.30. The molecule has 0 saturated carbocycles. The van der Waals surface area contributed by atoms with Crippen LogP contribution < -0.4 is 4.57 Å². The molecule has 0 unspecified atom stereocenters. The topological polar surface area (TPSA) is 64.1 Å². The molecule has 0 aliphatic rings. The van der Waals surface area contributed by atoms with Gasteiger partial charge in [0, 0.05) is 45.8 Å². The summed E-state index contributed by atoms with van der Waals surface area (Å²) in [5.41, 5.74) is 0.250. The van der Waals surface area contributed by atoms with Crippen LogP contribution in [-0.4, -0.2) is 10.7 Å². The van der Waals surface area contributed by atoms with Gasteiger partial charge in [-0.1, -0.05) is 12.1 Å². The number of benzene rings is 1. The SMILES string of the molecule is O=C(C[n+]1ccccc1Br)c1cccc([N+](=O)[O-])c1. The van der Waals surface area contributed by atoms with Crippen molar-refractivity contribution >= 4 is 27.4 Å². The summed E-state index contributed by atoms with van der Waals surface area (Å²) >= 11 is 3.34. The van der Waals surface area contributed by atoms with Crippen molar-refractivity contribution in [1.29, 1.82) is 0 Å². The van der Waals surface area contributed by atoms with E-state index in [9.17, 15) is 14.9 Å². The molecular weight excluding hydrogens is 312 g/mol. The predicted octanol–water partition coefficient (Wildman–Crippen LogP) is 2.53. The Hall–Kier alpha value is -2.08. The van der Waals surface area contributed by atoms with Gasteiger partial charge in [-0.15, -0.1) is 0 Å². The first-order valence-corrected chi connectivity index (χ1v) is 6.29. The molecule has 0 saturated heterocycles. The number of nitro benzene ring substituents is 1. The lowest BCUT2D eigenvalue weighted by molar-refractivity contribution is -0.694. The van der Waals surface area contributed by atoms with Crippen LogP contribution in [0.25, 0.3) is 0 Å². The second-order valence-electron chi connectivity index (χ2n) is 3.88. The van der Waals surface area contributed by atoms with E-state index in [2.05, 4.69) is 15.9 Å². The number of carbonyl (C=O) groups is 1. The summed E-state index contributed by atoms with van der Waals surface area (Å²) in [6, 6.07) is 11.2. The average Bonchev–Trinajstić information content (AvgIpc) is 2.41. The van der Waals surface area contributed by atoms with E-state index in [1.807, 2.05) is 18.2 Å². The lowest BCUT2D eigenvalue weighted by atomic mass is 10.1. The number of Topliss-reactive ketones (excluding diaryl/α,β-unsaturated/α-hetero) is 1. The molecule has 5 nitrogen and oxygen atoms in total. The summed E-state index contributed by atoms with van der Waals surface area (Å²) in [5, 5.41) is 10.7. The molecule has 19 heavy (non-hydrogen) atoms. The third kappa shape index (κ3) is 3.23. The molecule has 0 aliphatic heterocycles. The lowest BCUT2D eigenvalue weighted by Crippen LogP contribution is -2.38. The Morgan fingerprint density at radius 1 is 1.26 bits per heavy atom. The summed E-state index contributed by atoms with van der Waals surface area (Å²) in [6.07, 6.45) is 1.76. The fraction of sp³-hybridized carbons (Fsp3) is 0.0769. The zero-order valence-electron chi connectivity index (χ0n) is 9.82. The van der Waals surface area contributed by atoms with E-state index in [4.69, 9.17) is 0 Å². The molecule has 2 rings (SSSR count). The number of nitro groups is 1. The summed E-state index contributed by atoms with van der Waals surface area (Å²) < 4.78 is 2.50. The maximum atomic E-state index is 12.1. The van der Waals surface area contributed by atoms with Gasteiger partial charge in [-0.05, 0) is 6.07 Å². The van der Waals surface area contributed by atoms with E-state index in [0.29, 0.717) is 5.56 Å². The number of aromatic nitrogens is 1. The van der Waals surface area contributed by atoms with Gasteiger partial charge < -0.3 is 0 Å². The molecule has 0 fully saturated rings. The van der Waals surface area contributed by atoms with Crippen LogP contribution in [0.15, 0.2) is 53.3 Å². The first-order chi connectivity index (χ1) is 9.08. The average molecular weight is 322 g/mol. The van der Waals surface area contributed by atoms with Crippen molar-refractivity contribution in [2.45, 2.75) is 6.54 Å². The van der Waals surface area contributed by atoms with Crippen molar-refractivity contribution in [2.24, 2.45) is 0 Å². The summed E-state index contributed by atoms with van der Waals surface area (Å²) in [5.74, 6) is -0.180. The van der Waals surface area contributed by atoms with Crippen LogP contribution in [0.5, 0.6) is 0 Å². The van der Waals surface area contributed by atoms with Crippen LogP contribution in [-0.2, 0) is 6.54 Å². The predicted molar refractivity (Wildman–Crippen MR) is 71.8 cm³/mol. The first-order valence-electron chi connectivity index (χ1n) is 5.49. The summed E-state index contributed by atoms with van der Waals surface area (Å²) in [6.45, 7) is 0.128. The minimum absolute atomic E-state index is 0.0806. The number of halogens is 1. The zero-order chi connectivity index (χ0) is 13.8. The largest absolute Gasteiger partial charge is 0.287 e. The maximum absolute atomic E-state index is 12.1. The molecule has 1 aromatic heterocycles. The molecule has 0 radical (unpaired) electrons. The van der Waals surface area contributed by atoms with Crippen LogP contribution in [0.1, 0.15) is 10.4 Å². The Labute approximate surface area is 117 Å². The molecule has 0 spiro atoms. The Kier molecular flexibility index (Phi) is 4.01. The van der Waals surface area contributed by atoms with Crippen LogP contribution in [0.2, 0.25) is 0 Å². The smallest absolute Gasteiger partial charge is 0.270 e. The van der Waals surface area contributed by atoms with Gasteiger partial charge in [0.25, 0.3) is 5.69 Å². The summed E-state index contributed by atoms with van der Waals surface area (Å²) in [4.78, 5) is 22.2. The van der Waals surface area contributed by atoms with Crippen molar-refractivity contribution in [2.75, 3.05) is 0 Å². The number of hydrogen-bond acceptors (Lipinski definition) is 3. The standard InChI is InChI=1S/C13H10BrN2O3/c14-13-6-1-2-7-15(13)9-12(17)10-4-3-5-11(8-10)16(18)19/h1-8H,9H2/q+1. The molecule has 1 heterocycles. The molecule has 0 amide bonds. The van der Waals surface area contributed by atoms with Gasteiger partial charge in [0.1, 0.15) is 0 Å². The normalized spacial score (nSPS) is 10.2. The highest BCUT2D eigenvalue weighted by molar-refractivity contribution is 9.10. The molecule has 96 valence electrons. The molecular formula is C13H10BrN2O3+. The van der Waals surface area contributed by atoms with Gasteiger partial charge >= 0.3 is 0 Å². The second kappa shape index (κ2) is 5.71. The van der Waals surface area contributed by atoms with Crippen LogP contribution in [0, 0.1) is 10.1 Å². The van der Waals surface area contributed by atoms with Crippen molar-refractivity contribution in [3.05, 3.63) is 68.9 Å². The molecule has 1 aromatic carbocycles. The van der Waals surface area contributed by atoms with Crippen molar-refractivity contribution in [3.63, 3.8) is 0 Å². The van der Waals surface area contributed by atoms with E-state index in [1.165, 1.54) is 18.2 Å². The van der Waals surface area contributed by atoms with E-state index >= 15 is 0 Å². The van der Waals surface area contributed by atoms with E-state index < -0.39 is 4.92 Å². The van der Waals surface area contributed by atoms with Gasteiger partial charge in [0.05, 0.1) is 4.92 Å². The molecule has 0 bridgehead atoms.